The molecule has 2 aliphatic heterocycles. The van der Waals surface area contributed by atoms with Crippen LogP contribution in [0.2, 0.25) is 0 Å². The standard InChI is InChI=1S/C18H21N5O2.C2H6/c19-16-15-17(22-11-21-16)25-10-9-23(18(15)24)14-3-1-12(2-4-14)13-5-7-20-8-6-13;1-2/h1-4,11,13,20H,5-10H2,(H2,19,21,22);1-2H3. The second-order valence-corrected chi connectivity index (χ2v) is 6.36. The molecule has 1 amide bonds. The number of piperidine rings is 1. The number of benzene rings is 1. The van der Waals surface area contributed by atoms with Gasteiger partial charge in [0.15, 0.2) is 0 Å². The minimum Gasteiger partial charge on any atom is -0.475 e. The molecule has 0 unspecified atom stereocenters. The zero-order valence-corrected chi connectivity index (χ0v) is 15.9. The summed E-state index contributed by atoms with van der Waals surface area (Å²) in [5, 5.41) is 3.38. The summed E-state index contributed by atoms with van der Waals surface area (Å²) in [6.45, 7) is 6.93. The van der Waals surface area contributed by atoms with Gasteiger partial charge < -0.3 is 20.7 Å². The van der Waals surface area contributed by atoms with Gasteiger partial charge >= 0.3 is 0 Å². The van der Waals surface area contributed by atoms with Crippen LogP contribution in [-0.4, -0.2) is 42.1 Å². The van der Waals surface area contributed by atoms with E-state index in [0.29, 0.717) is 19.1 Å². The third-order valence-corrected chi connectivity index (χ3v) is 4.87. The number of carbonyl (C=O) groups is 1. The van der Waals surface area contributed by atoms with E-state index in [0.717, 1.165) is 31.6 Å². The predicted molar refractivity (Wildman–Crippen MR) is 106 cm³/mol. The Kier molecular flexibility index (Phi) is 6.24. The smallest absolute Gasteiger partial charge is 0.267 e. The lowest BCUT2D eigenvalue weighted by Gasteiger charge is -2.24. The van der Waals surface area contributed by atoms with Gasteiger partial charge in [-0.05, 0) is 49.5 Å². The van der Waals surface area contributed by atoms with Crippen molar-refractivity contribution in [3.63, 3.8) is 0 Å². The van der Waals surface area contributed by atoms with Crippen molar-refractivity contribution in [2.24, 2.45) is 0 Å². The molecule has 0 saturated carbocycles. The molecule has 0 atom stereocenters. The molecule has 2 aliphatic rings. The van der Waals surface area contributed by atoms with Crippen LogP contribution in [0, 0.1) is 0 Å². The van der Waals surface area contributed by atoms with Crippen LogP contribution >= 0.6 is 0 Å². The highest BCUT2D eigenvalue weighted by molar-refractivity contribution is 6.10. The predicted octanol–water partition coefficient (Wildman–Crippen LogP) is 2.59. The largest absolute Gasteiger partial charge is 0.475 e. The normalized spacial score (nSPS) is 17.3. The number of hydrogen-bond acceptors (Lipinski definition) is 6. The minimum atomic E-state index is -0.222. The Bertz CT molecular complexity index is 772. The van der Waals surface area contributed by atoms with E-state index in [1.165, 1.54) is 11.9 Å². The van der Waals surface area contributed by atoms with E-state index in [1.54, 1.807) is 4.90 Å². The van der Waals surface area contributed by atoms with E-state index in [4.69, 9.17) is 10.5 Å². The van der Waals surface area contributed by atoms with Crippen molar-refractivity contribution in [3.05, 3.63) is 41.7 Å². The Balaban J connectivity index is 0.00000102. The fourth-order valence-corrected chi connectivity index (χ4v) is 3.49. The monoisotopic (exact) mass is 369 g/mol. The average molecular weight is 369 g/mol. The number of nitrogens with one attached hydrogen (secondary N) is 1. The summed E-state index contributed by atoms with van der Waals surface area (Å²) in [5.41, 5.74) is 8.28. The molecule has 27 heavy (non-hydrogen) atoms. The van der Waals surface area contributed by atoms with Gasteiger partial charge in [0.05, 0.1) is 6.54 Å². The lowest BCUT2D eigenvalue weighted by Crippen LogP contribution is -2.32. The number of amides is 1. The topological polar surface area (TPSA) is 93.4 Å². The number of nitrogen functional groups attached to an aromatic ring is 1. The van der Waals surface area contributed by atoms with Crippen molar-refractivity contribution in [2.75, 3.05) is 36.9 Å². The number of nitrogens with zero attached hydrogens (tertiary/aromatic N) is 3. The van der Waals surface area contributed by atoms with Gasteiger partial charge in [-0.25, -0.2) is 9.97 Å². The van der Waals surface area contributed by atoms with E-state index in [2.05, 4.69) is 27.4 Å². The summed E-state index contributed by atoms with van der Waals surface area (Å²) >= 11 is 0. The van der Waals surface area contributed by atoms with Gasteiger partial charge in [0.25, 0.3) is 5.91 Å². The first-order valence-electron chi connectivity index (χ1n) is 9.60. The second-order valence-electron chi connectivity index (χ2n) is 6.36. The summed E-state index contributed by atoms with van der Waals surface area (Å²) in [6.07, 6.45) is 3.61. The van der Waals surface area contributed by atoms with E-state index in [9.17, 15) is 4.79 Å². The SMILES string of the molecule is CC.Nc1ncnc2c1C(=O)N(c1ccc(C3CCNCC3)cc1)CCO2. The van der Waals surface area contributed by atoms with E-state index in [-0.39, 0.29) is 23.2 Å². The Labute approximate surface area is 159 Å². The highest BCUT2D eigenvalue weighted by Crippen LogP contribution is 2.30. The molecule has 1 saturated heterocycles. The zero-order valence-electron chi connectivity index (χ0n) is 15.9. The third-order valence-electron chi connectivity index (χ3n) is 4.87. The van der Waals surface area contributed by atoms with Crippen LogP contribution in [0.4, 0.5) is 11.5 Å². The Morgan fingerprint density at radius 2 is 1.85 bits per heavy atom. The summed E-state index contributed by atoms with van der Waals surface area (Å²) < 4.78 is 5.57. The molecule has 1 aromatic carbocycles. The van der Waals surface area contributed by atoms with Crippen molar-refractivity contribution in [2.45, 2.75) is 32.6 Å². The average Bonchev–Trinajstić information content (AvgIpc) is 2.90. The highest BCUT2D eigenvalue weighted by Gasteiger charge is 2.28. The molecule has 0 bridgehead atoms. The molecule has 3 N–H and O–H groups in total. The number of aromatic nitrogens is 2. The molecule has 0 radical (unpaired) electrons. The van der Waals surface area contributed by atoms with Gasteiger partial charge in [-0.15, -0.1) is 0 Å². The highest BCUT2D eigenvalue weighted by atomic mass is 16.5. The van der Waals surface area contributed by atoms with Crippen molar-refractivity contribution < 1.29 is 9.53 Å². The van der Waals surface area contributed by atoms with Crippen LogP contribution in [0.3, 0.4) is 0 Å². The van der Waals surface area contributed by atoms with E-state index in [1.807, 2.05) is 26.0 Å². The summed E-state index contributed by atoms with van der Waals surface area (Å²) in [7, 11) is 0. The molecule has 0 spiro atoms. The fraction of sp³-hybridized carbons (Fsp3) is 0.450. The molecular formula is C20H27N5O2. The Morgan fingerprint density at radius 3 is 2.56 bits per heavy atom. The number of ether oxygens (including phenoxy) is 1. The molecular weight excluding hydrogens is 342 g/mol. The molecule has 3 heterocycles. The second kappa shape index (κ2) is 8.81. The maximum Gasteiger partial charge on any atom is 0.267 e. The molecule has 1 aromatic heterocycles. The summed E-state index contributed by atoms with van der Waals surface area (Å²) in [6, 6.07) is 8.24. The van der Waals surface area contributed by atoms with Crippen LogP contribution in [0.5, 0.6) is 5.88 Å². The van der Waals surface area contributed by atoms with Crippen LogP contribution < -0.4 is 20.7 Å². The van der Waals surface area contributed by atoms with Gasteiger partial charge in [-0.2, -0.15) is 0 Å². The van der Waals surface area contributed by atoms with Crippen LogP contribution in [0.15, 0.2) is 30.6 Å². The van der Waals surface area contributed by atoms with Crippen LogP contribution in [0.25, 0.3) is 0 Å². The van der Waals surface area contributed by atoms with Crippen molar-refractivity contribution in [1.29, 1.82) is 0 Å². The molecule has 144 valence electrons. The van der Waals surface area contributed by atoms with Gasteiger partial charge in [0.1, 0.15) is 24.3 Å². The maximum atomic E-state index is 12.9. The Hall–Kier alpha value is -2.67. The first-order chi connectivity index (χ1) is 13.2. The van der Waals surface area contributed by atoms with Gasteiger partial charge in [-0.3, -0.25) is 4.79 Å². The quantitative estimate of drug-likeness (QED) is 0.845. The zero-order chi connectivity index (χ0) is 19.2. The minimum absolute atomic E-state index is 0.147. The summed E-state index contributed by atoms with van der Waals surface area (Å²) in [4.78, 5) is 22.5. The lowest BCUT2D eigenvalue weighted by atomic mass is 9.90. The molecule has 1 fully saturated rings. The van der Waals surface area contributed by atoms with Gasteiger partial charge in [0.2, 0.25) is 5.88 Å². The molecule has 7 nitrogen and oxygen atoms in total. The van der Waals surface area contributed by atoms with E-state index < -0.39 is 0 Å². The number of nitrogens with two attached hydrogens (primary N) is 1. The van der Waals surface area contributed by atoms with Crippen LogP contribution in [0.1, 0.15) is 48.5 Å². The van der Waals surface area contributed by atoms with Crippen molar-refractivity contribution >= 4 is 17.4 Å². The summed E-state index contributed by atoms with van der Waals surface area (Å²) in [5.74, 6) is 0.767. The molecule has 7 heteroatoms. The number of rotatable bonds is 2. The third kappa shape index (κ3) is 4.03. The number of anilines is 2. The van der Waals surface area contributed by atoms with Gasteiger partial charge in [-0.1, -0.05) is 26.0 Å². The Morgan fingerprint density at radius 1 is 1.15 bits per heavy atom. The molecule has 4 rings (SSSR count). The number of hydrogen-bond donors (Lipinski definition) is 2. The molecule has 2 aromatic rings. The van der Waals surface area contributed by atoms with Crippen LogP contribution in [-0.2, 0) is 0 Å². The fourth-order valence-electron chi connectivity index (χ4n) is 3.49. The first kappa shape index (κ1) is 19.1. The maximum absolute atomic E-state index is 12.9. The lowest BCUT2D eigenvalue weighted by molar-refractivity contribution is 0.0990. The first-order valence-corrected chi connectivity index (χ1v) is 9.60. The van der Waals surface area contributed by atoms with Crippen molar-refractivity contribution in [3.8, 4) is 5.88 Å². The number of carbonyl (C=O) groups excluding carboxylic acids is 1. The molecule has 0 aliphatic carbocycles. The number of fused-ring (bicyclic) bond motifs is 1. The van der Waals surface area contributed by atoms with Crippen molar-refractivity contribution in [1.82, 2.24) is 15.3 Å². The van der Waals surface area contributed by atoms with E-state index >= 15 is 0 Å². The van der Waals surface area contributed by atoms with Gasteiger partial charge in [0, 0.05) is 5.69 Å².